The van der Waals surface area contributed by atoms with E-state index in [2.05, 4.69) is 39.5 Å². The van der Waals surface area contributed by atoms with E-state index < -0.39 is 22.8 Å². The highest BCUT2D eigenvalue weighted by Crippen LogP contribution is 2.48. The summed E-state index contributed by atoms with van der Waals surface area (Å²) in [6, 6.07) is 13.7. The van der Waals surface area contributed by atoms with Crippen molar-refractivity contribution in [1.29, 1.82) is 0 Å². The van der Waals surface area contributed by atoms with Crippen molar-refractivity contribution in [2.75, 3.05) is 26.3 Å². The molecule has 0 spiro atoms. The summed E-state index contributed by atoms with van der Waals surface area (Å²) in [6.07, 6.45) is 2.57. The monoisotopic (exact) mass is 531 g/mol. The van der Waals surface area contributed by atoms with E-state index in [-0.39, 0.29) is 29.2 Å². The number of hydrogen-bond donors (Lipinski definition) is 2. The van der Waals surface area contributed by atoms with E-state index in [0.717, 1.165) is 19.8 Å². The molecule has 204 valence electrons. The second kappa shape index (κ2) is 9.77. The van der Waals surface area contributed by atoms with Crippen LogP contribution < -0.4 is 5.32 Å². The number of imide groups is 1. The molecular weight excluding hydrogens is 497 g/mol. The molecular formula is C31H34FN3O4. The van der Waals surface area contributed by atoms with Crippen molar-refractivity contribution in [3.63, 3.8) is 0 Å². The molecule has 7 nitrogen and oxygen atoms in total. The predicted molar refractivity (Wildman–Crippen MR) is 144 cm³/mol. The number of rotatable bonds is 5. The quantitative estimate of drug-likeness (QED) is 0.481. The number of benzene rings is 2. The Hall–Kier alpha value is -3.20. The Bertz CT molecular complexity index is 1440. The summed E-state index contributed by atoms with van der Waals surface area (Å²) in [7, 11) is 0. The standard InChI is InChI=1S/C31H34FN3O4/c1-30(2)18-35(15-19-3-5-20(6-4-19)22-16-39-17-22)12-11-31(30,38)25-8-9-26-24(28(25)32)13-21(14-33-26)23-7-10-27(36)34-29(23)37/h3-6,8-9,13-14,22-23,38H,7,10-12,15-18H2,1-2H3,(H,34,36,37). The van der Waals surface area contributed by atoms with Gasteiger partial charge < -0.3 is 9.84 Å². The minimum absolute atomic E-state index is 0.237. The molecule has 3 saturated heterocycles. The summed E-state index contributed by atoms with van der Waals surface area (Å²) >= 11 is 0. The molecule has 3 aliphatic heterocycles. The molecule has 8 heteroatoms. The molecule has 3 aromatic rings. The molecule has 3 aliphatic rings. The Kier molecular flexibility index (Phi) is 6.52. The number of aromatic nitrogens is 1. The summed E-state index contributed by atoms with van der Waals surface area (Å²) in [6.45, 7) is 7.55. The van der Waals surface area contributed by atoms with E-state index in [9.17, 15) is 14.7 Å². The van der Waals surface area contributed by atoms with Gasteiger partial charge in [0.1, 0.15) is 5.82 Å². The Morgan fingerprint density at radius 3 is 2.56 bits per heavy atom. The number of fused-ring (bicyclic) bond motifs is 1. The second-order valence-corrected chi connectivity index (χ2v) is 11.9. The van der Waals surface area contributed by atoms with Crippen LogP contribution in [0.3, 0.4) is 0 Å². The van der Waals surface area contributed by atoms with Gasteiger partial charge >= 0.3 is 0 Å². The summed E-state index contributed by atoms with van der Waals surface area (Å²) < 4.78 is 21.5. The summed E-state index contributed by atoms with van der Waals surface area (Å²) in [5.74, 6) is -1.25. The van der Waals surface area contributed by atoms with Gasteiger partial charge in [0.25, 0.3) is 0 Å². The molecule has 3 fully saturated rings. The highest BCUT2D eigenvalue weighted by molar-refractivity contribution is 6.01. The van der Waals surface area contributed by atoms with Crippen LogP contribution in [0.5, 0.6) is 0 Å². The lowest BCUT2D eigenvalue weighted by Gasteiger charge is -2.50. The summed E-state index contributed by atoms with van der Waals surface area (Å²) in [4.78, 5) is 30.7. The van der Waals surface area contributed by atoms with E-state index in [1.807, 2.05) is 13.8 Å². The summed E-state index contributed by atoms with van der Waals surface area (Å²) in [5, 5.41) is 14.6. The van der Waals surface area contributed by atoms with Crippen LogP contribution in [0.25, 0.3) is 10.9 Å². The minimum Gasteiger partial charge on any atom is -0.384 e. The van der Waals surface area contributed by atoms with Crippen LogP contribution >= 0.6 is 0 Å². The van der Waals surface area contributed by atoms with Gasteiger partial charge in [0.15, 0.2) is 0 Å². The van der Waals surface area contributed by atoms with E-state index in [4.69, 9.17) is 4.74 Å². The third kappa shape index (κ3) is 4.64. The van der Waals surface area contributed by atoms with Crippen LogP contribution in [-0.2, 0) is 26.5 Å². The Morgan fingerprint density at radius 1 is 1.13 bits per heavy atom. The van der Waals surface area contributed by atoms with Gasteiger partial charge in [-0.15, -0.1) is 0 Å². The maximum absolute atomic E-state index is 16.2. The molecule has 2 N–H and O–H groups in total. The van der Waals surface area contributed by atoms with Gasteiger partial charge in [0.05, 0.1) is 30.2 Å². The van der Waals surface area contributed by atoms with Crippen molar-refractivity contribution < 1.29 is 23.8 Å². The van der Waals surface area contributed by atoms with Gasteiger partial charge in [-0.1, -0.05) is 44.2 Å². The van der Waals surface area contributed by atoms with Crippen molar-refractivity contribution in [2.24, 2.45) is 5.41 Å². The average molecular weight is 532 g/mol. The van der Waals surface area contributed by atoms with Crippen molar-refractivity contribution in [3.8, 4) is 0 Å². The zero-order chi connectivity index (χ0) is 27.4. The van der Waals surface area contributed by atoms with Crippen molar-refractivity contribution in [1.82, 2.24) is 15.2 Å². The van der Waals surface area contributed by atoms with Crippen molar-refractivity contribution in [2.45, 2.75) is 57.1 Å². The molecule has 0 radical (unpaired) electrons. The van der Waals surface area contributed by atoms with E-state index >= 15 is 4.39 Å². The Labute approximate surface area is 227 Å². The number of aliphatic hydroxyl groups is 1. The SMILES string of the molecule is CC1(C)CN(Cc2ccc(C3COC3)cc2)CCC1(O)c1ccc2ncc(C3CCC(=O)NC3=O)cc2c1F. The first-order chi connectivity index (χ1) is 18.6. The van der Waals surface area contributed by atoms with Gasteiger partial charge in [0, 0.05) is 54.5 Å². The average Bonchev–Trinajstić information content (AvgIpc) is 2.86. The molecule has 0 aliphatic carbocycles. The van der Waals surface area contributed by atoms with Gasteiger partial charge in [0.2, 0.25) is 11.8 Å². The predicted octanol–water partition coefficient (Wildman–Crippen LogP) is 4.13. The smallest absolute Gasteiger partial charge is 0.234 e. The maximum Gasteiger partial charge on any atom is 0.234 e. The summed E-state index contributed by atoms with van der Waals surface area (Å²) in [5.41, 5.74) is 1.81. The fourth-order valence-corrected chi connectivity index (χ4v) is 6.35. The normalized spacial score (nSPS) is 25.9. The molecule has 2 aromatic carbocycles. The van der Waals surface area contributed by atoms with E-state index in [1.54, 1.807) is 24.4 Å². The van der Waals surface area contributed by atoms with Gasteiger partial charge in [-0.25, -0.2) is 4.39 Å². The van der Waals surface area contributed by atoms with Crippen molar-refractivity contribution in [3.05, 3.63) is 76.7 Å². The third-order valence-corrected chi connectivity index (χ3v) is 8.93. The molecule has 2 amide bonds. The Morgan fingerprint density at radius 2 is 1.90 bits per heavy atom. The second-order valence-electron chi connectivity index (χ2n) is 11.9. The largest absolute Gasteiger partial charge is 0.384 e. The number of nitrogens with one attached hydrogen (secondary N) is 1. The Balaban J connectivity index is 1.23. The minimum atomic E-state index is -1.37. The fraction of sp³-hybridized carbons (Fsp3) is 0.452. The lowest BCUT2D eigenvalue weighted by Crippen LogP contribution is -2.55. The number of halogens is 1. The number of nitrogens with zero attached hydrogens (tertiary/aromatic N) is 2. The fourth-order valence-electron chi connectivity index (χ4n) is 6.35. The maximum atomic E-state index is 16.2. The number of piperidine rings is 2. The molecule has 1 aromatic heterocycles. The van der Waals surface area contributed by atoms with Crippen LogP contribution in [0.1, 0.15) is 67.2 Å². The zero-order valence-corrected chi connectivity index (χ0v) is 22.4. The first kappa shape index (κ1) is 26.0. The van der Waals surface area contributed by atoms with E-state index in [0.29, 0.717) is 42.9 Å². The van der Waals surface area contributed by atoms with Gasteiger partial charge in [-0.3, -0.25) is 24.8 Å². The topological polar surface area (TPSA) is 91.8 Å². The zero-order valence-electron chi connectivity index (χ0n) is 22.4. The third-order valence-electron chi connectivity index (χ3n) is 8.93. The number of amides is 2. The molecule has 2 unspecified atom stereocenters. The first-order valence-corrected chi connectivity index (χ1v) is 13.7. The number of hydrogen-bond acceptors (Lipinski definition) is 6. The molecule has 6 rings (SSSR count). The molecule has 39 heavy (non-hydrogen) atoms. The van der Waals surface area contributed by atoms with Crippen LogP contribution in [0.15, 0.2) is 48.7 Å². The van der Waals surface area contributed by atoms with Crippen molar-refractivity contribution >= 4 is 22.7 Å². The number of ether oxygens (including phenoxy) is 1. The number of carbonyl (C=O) groups is 2. The highest BCUT2D eigenvalue weighted by Gasteiger charge is 2.50. The molecule has 0 bridgehead atoms. The highest BCUT2D eigenvalue weighted by atomic mass is 19.1. The lowest BCUT2D eigenvalue weighted by molar-refractivity contribution is -0.134. The molecule has 0 saturated carbocycles. The van der Waals surface area contributed by atoms with Crippen LogP contribution in [0.4, 0.5) is 4.39 Å². The van der Waals surface area contributed by atoms with Gasteiger partial charge in [-0.2, -0.15) is 0 Å². The number of pyridine rings is 1. The molecule has 2 atom stereocenters. The number of likely N-dealkylation sites (tertiary alicyclic amines) is 1. The lowest BCUT2D eigenvalue weighted by atomic mass is 9.66. The van der Waals surface area contributed by atoms with Gasteiger partial charge in [-0.05, 0) is 41.7 Å². The number of carbonyl (C=O) groups excluding carboxylic acids is 2. The van der Waals surface area contributed by atoms with E-state index in [1.165, 1.54) is 11.1 Å². The first-order valence-electron chi connectivity index (χ1n) is 13.7. The van der Waals surface area contributed by atoms with Crippen LogP contribution in [-0.4, -0.2) is 53.1 Å². The van der Waals surface area contributed by atoms with Crippen LogP contribution in [0, 0.1) is 11.2 Å². The van der Waals surface area contributed by atoms with Crippen LogP contribution in [0.2, 0.25) is 0 Å². The molecule has 4 heterocycles.